The van der Waals surface area contributed by atoms with E-state index in [1.807, 2.05) is 0 Å². The highest BCUT2D eigenvalue weighted by molar-refractivity contribution is 5.85. The summed E-state index contributed by atoms with van der Waals surface area (Å²) in [5.74, 6) is -2.35. The minimum atomic E-state index is -1.09. The largest absolute Gasteiger partial charge is 0.477 e. The third-order valence-corrected chi connectivity index (χ3v) is 2.45. The summed E-state index contributed by atoms with van der Waals surface area (Å²) >= 11 is 0. The number of rotatable bonds is 4. The molecule has 0 bridgehead atoms. The standard InChI is InChI=1S/C12H10F2N2O2/c13-8-3-7(4-9(14)5-8)1-2-10-6-11(12(17)18)16-15-10/h3-6H,1-2H2,(H,15,16)(H,17,18). The Bertz CT molecular complexity index is 561. The fourth-order valence-electron chi connectivity index (χ4n) is 1.63. The quantitative estimate of drug-likeness (QED) is 0.876. The first-order valence-corrected chi connectivity index (χ1v) is 5.27. The summed E-state index contributed by atoms with van der Waals surface area (Å²) in [5, 5.41) is 14.9. The summed E-state index contributed by atoms with van der Waals surface area (Å²) in [4.78, 5) is 10.6. The molecule has 6 heteroatoms. The van der Waals surface area contributed by atoms with E-state index >= 15 is 0 Å². The molecule has 2 rings (SSSR count). The van der Waals surface area contributed by atoms with Gasteiger partial charge in [0.2, 0.25) is 0 Å². The number of aryl methyl sites for hydroxylation is 2. The van der Waals surface area contributed by atoms with Crippen molar-refractivity contribution < 1.29 is 18.7 Å². The summed E-state index contributed by atoms with van der Waals surface area (Å²) < 4.78 is 25.8. The smallest absolute Gasteiger partial charge is 0.353 e. The highest BCUT2D eigenvalue weighted by atomic mass is 19.1. The lowest BCUT2D eigenvalue weighted by atomic mass is 10.1. The van der Waals surface area contributed by atoms with Crippen LogP contribution >= 0.6 is 0 Å². The first kappa shape index (κ1) is 12.2. The molecule has 0 aliphatic carbocycles. The number of carbonyl (C=O) groups is 1. The summed E-state index contributed by atoms with van der Waals surface area (Å²) in [6.45, 7) is 0. The Labute approximate surface area is 101 Å². The molecule has 1 aromatic carbocycles. The van der Waals surface area contributed by atoms with Crippen LogP contribution in [-0.4, -0.2) is 21.3 Å². The van der Waals surface area contributed by atoms with E-state index in [0.29, 0.717) is 24.1 Å². The zero-order chi connectivity index (χ0) is 13.1. The Hall–Kier alpha value is -2.24. The van der Waals surface area contributed by atoms with E-state index in [2.05, 4.69) is 10.2 Å². The summed E-state index contributed by atoms with van der Waals surface area (Å²) in [6, 6.07) is 4.69. The minimum absolute atomic E-state index is 0.00424. The van der Waals surface area contributed by atoms with Crippen LogP contribution in [0.25, 0.3) is 0 Å². The fourth-order valence-corrected chi connectivity index (χ4v) is 1.63. The molecule has 0 saturated heterocycles. The van der Waals surface area contributed by atoms with Gasteiger partial charge in [-0.15, -0.1) is 0 Å². The minimum Gasteiger partial charge on any atom is -0.477 e. The van der Waals surface area contributed by atoms with E-state index in [1.54, 1.807) is 0 Å². The number of benzene rings is 1. The average molecular weight is 252 g/mol. The van der Waals surface area contributed by atoms with Gasteiger partial charge >= 0.3 is 5.97 Å². The molecule has 1 aromatic heterocycles. The lowest BCUT2D eigenvalue weighted by molar-refractivity contribution is 0.0690. The van der Waals surface area contributed by atoms with Gasteiger partial charge in [0.05, 0.1) is 5.69 Å². The van der Waals surface area contributed by atoms with Gasteiger partial charge in [-0.1, -0.05) is 0 Å². The Morgan fingerprint density at radius 2 is 1.83 bits per heavy atom. The number of hydrogen-bond donors (Lipinski definition) is 2. The first-order valence-electron chi connectivity index (χ1n) is 5.27. The number of aromatic nitrogens is 2. The van der Waals surface area contributed by atoms with Crippen molar-refractivity contribution in [1.29, 1.82) is 0 Å². The molecule has 1 heterocycles. The SMILES string of the molecule is O=C(O)c1cc(CCc2cc(F)cc(F)c2)n[nH]1. The highest BCUT2D eigenvalue weighted by Crippen LogP contribution is 2.11. The van der Waals surface area contributed by atoms with Gasteiger partial charge in [0.25, 0.3) is 0 Å². The Balaban J connectivity index is 2.04. The molecule has 2 aromatic rings. The average Bonchev–Trinajstić information content (AvgIpc) is 2.73. The van der Waals surface area contributed by atoms with E-state index in [4.69, 9.17) is 5.11 Å². The topological polar surface area (TPSA) is 66.0 Å². The highest BCUT2D eigenvalue weighted by Gasteiger charge is 2.08. The van der Waals surface area contributed by atoms with E-state index in [1.165, 1.54) is 18.2 Å². The van der Waals surface area contributed by atoms with Crippen molar-refractivity contribution in [1.82, 2.24) is 10.2 Å². The van der Waals surface area contributed by atoms with E-state index in [9.17, 15) is 13.6 Å². The number of aromatic carboxylic acids is 1. The van der Waals surface area contributed by atoms with Crippen molar-refractivity contribution in [2.24, 2.45) is 0 Å². The third-order valence-electron chi connectivity index (χ3n) is 2.45. The van der Waals surface area contributed by atoms with Crippen LogP contribution in [-0.2, 0) is 12.8 Å². The van der Waals surface area contributed by atoms with E-state index < -0.39 is 17.6 Å². The molecule has 2 N–H and O–H groups in total. The van der Waals surface area contributed by atoms with Crippen LogP contribution in [0.1, 0.15) is 21.7 Å². The van der Waals surface area contributed by atoms with Crippen LogP contribution < -0.4 is 0 Å². The monoisotopic (exact) mass is 252 g/mol. The summed E-state index contributed by atoms with van der Waals surface area (Å²) in [5.41, 5.74) is 1.04. The first-order chi connectivity index (χ1) is 8.54. The second kappa shape index (κ2) is 4.95. The maximum atomic E-state index is 12.9. The van der Waals surface area contributed by atoms with Crippen molar-refractivity contribution >= 4 is 5.97 Å². The molecular weight excluding hydrogens is 242 g/mol. The molecule has 0 aliphatic rings. The molecule has 0 fully saturated rings. The number of nitrogens with one attached hydrogen (secondary N) is 1. The zero-order valence-electron chi connectivity index (χ0n) is 9.28. The predicted octanol–water partition coefficient (Wildman–Crippen LogP) is 2.17. The molecule has 0 unspecified atom stereocenters. The van der Waals surface area contributed by atoms with Crippen molar-refractivity contribution in [3.63, 3.8) is 0 Å². The van der Waals surface area contributed by atoms with Crippen molar-refractivity contribution in [3.05, 3.63) is 52.9 Å². The Morgan fingerprint density at radius 3 is 2.39 bits per heavy atom. The zero-order valence-corrected chi connectivity index (χ0v) is 9.28. The number of halogens is 2. The van der Waals surface area contributed by atoms with Crippen LogP contribution in [0.2, 0.25) is 0 Å². The van der Waals surface area contributed by atoms with Crippen molar-refractivity contribution in [2.45, 2.75) is 12.8 Å². The number of aromatic amines is 1. The number of carboxylic acid groups (broad SMARTS) is 1. The second-order valence-corrected chi connectivity index (χ2v) is 3.86. The molecule has 4 nitrogen and oxygen atoms in total. The van der Waals surface area contributed by atoms with Crippen LogP contribution in [0.4, 0.5) is 8.78 Å². The van der Waals surface area contributed by atoms with Gasteiger partial charge in [-0.05, 0) is 36.6 Å². The summed E-state index contributed by atoms with van der Waals surface area (Å²) in [6.07, 6.45) is 0.797. The fraction of sp³-hybridized carbons (Fsp3) is 0.167. The number of carboxylic acids is 1. The number of H-pyrrole nitrogens is 1. The number of nitrogens with zero attached hydrogens (tertiary/aromatic N) is 1. The maximum absolute atomic E-state index is 12.9. The lowest BCUT2D eigenvalue weighted by Crippen LogP contribution is -1.95. The molecule has 0 radical (unpaired) electrons. The normalized spacial score (nSPS) is 10.6. The van der Waals surface area contributed by atoms with Gasteiger partial charge in [0.1, 0.15) is 17.3 Å². The van der Waals surface area contributed by atoms with Crippen LogP contribution in [0.5, 0.6) is 0 Å². The van der Waals surface area contributed by atoms with Crippen LogP contribution in [0.3, 0.4) is 0 Å². The Kier molecular flexibility index (Phi) is 3.36. The molecule has 0 amide bonds. The van der Waals surface area contributed by atoms with Crippen LogP contribution in [0, 0.1) is 11.6 Å². The van der Waals surface area contributed by atoms with Crippen LogP contribution in [0.15, 0.2) is 24.3 Å². The van der Waals surface area contributed by atoms with Gasteiger partial charge in [-0.2, -0.15) is 5.10 Å². The van der Waals surface area contributed by atoms with E-state index in [-0.39, 0.29) is 5.69 Å². The molecule has 0 spiro atoms. The van der Waals surface area contributed by atoms with Gasteiger partial charge in [-0.25, -0.2) is 13.6 Å². The molecule has 18 heavy (non-hydrogen) atoms. The molecule has 94 valence electrons. The Morgan fingerprint density at radius 1 is 1.17 bits per heavy atom. The predicted molar refractivity (Wildman–Crippen MR) is 59.3 cm³/mol. The van der Waals surface area contributed by atoms with E-state index in [0.717, 1.165) is 6.07 Å². The molecule has 0 atom stereocenters. The van der Waals surface area contributed by atoms with Gasteiger partial charge in [0.15, 0.2) is 0 Å². The third kappa shape index (κ3) is 2.91. The number of hydrogen-bond acceptors (Lipinski definition) is 2. The molecular formula is C12H10F2N2O2. The lowest BCUT2D eigenvalue weighted by Gasteiger charge is -2.00. The van der Waals surface area contributed by atoms with Gasteiger partial charge < -0.3 is 5.11 Å². The van der Waals surface area contributed by atoms with Crippen molar-refractivity contribution in [3.8, 4) is 0 Å². The second-order valence-electron chi connectivity index (χ2n) is 3.86. The summed E-state index contributed by atoms with van der Waals surface area (Å²) in [7, 11) is 0. The molecule has 0 saturated carbocycles. The molecule has 0 aliphatic heterocycles. The van der Waals surface area contributed by atoms with Gasteiger partial charge in [-0.3, -0.25) is 5.10 Å². The maximum Gasteiger partial charge on any atom is 0.353 e. The van der Waals surface area contributed by atoms with Gasteiger partial charge in [0, 0.05) is 6.07 Å². The van der Waals surface area contributed by atoms with Crippen molar-refractivity contribution in [2.75, 3.05) is 0 Å².